The van der Waals surface area contributed by atoms with Crippen molar-refractivity contribution in [2.24, 2.45) is 0 Å². The molecule has 0 amide bonds. The SMILES string of the molecule is C=CCO[C@H]1[C@H](O[C@H]2[C@H](OCc3ccccc3)[C@@H](OCc3ccccc3)[C@H](O)O[C@@H]2COCc2ccccc2)O[C@H](COCc2ccccc2)[C@H](O[C@H]2O[C@H](COCc3ccccc3)[C@H](OCc3ccccc3)[C@@H](OCc3ccccc3)[C@H]2OCc2ccccc2)[C@@H]1OCc1ccccc1. The molecule has 522 valence electrons. The van der Waals surface area contributed by atoms with E-state index in [1.165, 1.54) is 0 Å². The summed E-state index contributed by atoms with van der Waals surface area (Å²) in [5, 5.41) is 12.3. The second kappa shape index (κ2) is 38.8. The van der Waals surface area contributed by atoms with Gasteiger partial charge < -0.3 is 76.2 Å². The number of hydrogen-bond acceptors (Lipinski definition) is 16. The summed E-state index contributed by atoms with van der Waals surface area (Å²) >= 11 is 0. The van der Waals surface area contributed by atoms with Gasteiger partial charge in [-0.25, -0.2) is 0 Å². The maximum Gasteiger partial charge on any atom is 0.187 e. The molecule has 1 N–H and O–H groups in total. The predicted molar refractivity (Wildman–Crippen MR) is 376 cm³/mol. The Kier molecular flexibility index (Phi) is 27.9. The van der Waals surface area contributed by atoms with Gasteiger partial charge in [0.25, 0.3) is 0 Å². The highest BCUT2D eigenvalue weighted by Crippen LogP contribution is 2.39. The van der Waals surface area contributed by atoms with Crippen LogP contribution in [-0.4, -0.2) is 124 Å². The van der Waals surface area contributed by atoms with E-state index in [9.17, 15) is 5.11 Å². The van der Waals surface area contributed by atoms with Crippen LogP contribution >= 0.6 is 0 Å². The van der Waals surface area contributed by atoms with Crippen molar-refractivity contribution in [1.29, 1.82) is 0 Å². The van der Waals surface area contributed by atoms with E-state index in [2.05, 4.69) is 6.58 Å². The Bertz CT molecular complexity index is 3690. The summed E-state index contributed by atoms with van der Waals surface area (Å²) in [7, 11) is 0. The van der Waals surface area contributed by atoms with Crippen LogP contribution in [0, 0.1) is 0 Å². The first-order chi connectivity index (χ1) is 49.5. The van der Waals surface area contributed by atoms with Crippen LogP contribution in [0.1, 0.15) is 50.1 Å². The van der Waals surface area contributed by atoms with Gasteiger partial charge in [0.2, 0.25) is 0 Å². The molecule has 3 fully saturated rings. The lowest BCUT2D eigenvalue weighted by atomic mass is 9.95. The summed E-state index contributed by atoms with van der Waals surface area (Å²) in [6, 6.07) is 89.2. The molecule has 16 heteroatoms. The average Bonchev–Trinajstić information content (AvgIpc) is 0.766. The van der Waals surface area contributed by atoms with Crippen molar-refractivity contribution >= 4 is 0 Å². The van der Waals surface area contributed by atoms with Crippen LogP contribution in [0.3, 0.4) is 0 Å². The highest BCUT2D eigenvalue weighted by atomic mass is 16.8. The molecule has 9 aromatic rings. The molecule has 3 aliphatic rings. The number of aliphatic hydroxyl groups excluding tert-OH is 1. The van der Waals surface area contributed by atoms with Crippen molar-refractivity contribution in [1.82, 2.24) is 0 Å². The van der Waals surface area contributed by atoms with E-state index >= 15 is 0 Å². The summed E-state index contributed by atoms with van der Waals surface area (Å²) in [5.41, 5.74) is 8.32. The molecule has 0 saturated carbocycles. The van der Waals surface area contributed by atoms with E-state index < -0.39 is 92.1 Å². The summed E-state index contributed by atoms with van der Waals surface area (Å²) in [6.07, 6.45) is -14.3. The smallest absolute Gasteiger partial charge is 0.187 e. The van der Waals surface area contributed by atoms with Gasteiger partial charge in [-0.3, -0.25) is 0 Å². The van der Waals surface area contributed by atoms with E-state index in [4.69, 9.17) is 71.1 Å². The van der Waals surface area contributed by atoms with Gasteiger partial charge in [0.05, 0.1) is 85.9 Å². The molecule has 9 aromatic carbocycles. The number of aliphatic hydroxyl groups is 1. The van der Waals surface area contributed by atoms with Gasteiger partial charge in [0.15, 0.2) is 18.9 Å². The Morgan fingerprint density at radius 3 is 0.800 bits per heavy atom. The Labute approximate surface area is 587 Å². The van der Waals surface area contributed by atoms with Crippen LogP contribution in [-0.2, 0) is 131 Å². The van der Waals surface area contributed by atoms with Crippen molar-refractivity contribution in [3.63, 3.8) is 0 Å². The molecule has 3 saturated heterocycles. The third-order valence-electron chi connectivity index (χ3n) is 17.7. The topological polar surface area (TPSA) is 159 Å². The minimum absolute atomic E-state index is 0.0284. The summed E-state index contributed by atoms with van der Waals surface area (Å²) in [6.45, 7) is 5.81. The standard InChI is InChI=1S/C84H90O16/c1-2-48-89-80-78(93-55-67-42-24-9-25-43-67)75(100-84-81(95-57-69-46-28-11-29-47-69)76(91-53-65-38-20-7-21-39-65)73(90-52-64-36-18-6-19-37-64)70(97-84)58-86-49-61-30-12-3-13-31-61)72(60-88-51-63-34-16-5-17-35-63)98-83(80)99-74-71(59-87-50-62-32-14-4-15-33-62)96-82(85)79(94-56-68-44-26-10-27-45-68)77(74)92-54-66-40-22-8-23-41-66/h2-47,70-85H,1,48-60H2/t70-,71-,72-,73+,74-,75+,76-,77+,78+,79-,80-,81-,82-,83+,84-/m1/s1. The van der Waals surface area contributed by atoms with Crippen LogP contribution in [0.2, 0.25) is 0 Å². The molecular formula is C84H90O16. The summed E-state index contributed by atoms with van der Waals surface area (Å²) < 4.78 is 107. The molecule has 0 unspecified atom stereocenters. The molecule has 0 spiro atoms. The summed E-state index contributed by atoms with van der Waals surface area (Å²) in [5.74, 6) is 0. The Balaban J connectivity index is 0.958. The molecule has 0 radical (unpaired) electrons. The first-order valence-corrected chi connectivity index (χ1v) is 34.4. The predicted octanol–water partition coefficient (Wildman–Crippen LogP) is 13.7. The van der Waals surface area contributed by atoms with Crippen molar-refractivity contribution < 1.29 is 76.2 Å². The average molecular weight is 1360 g/mol. The van der Waals surface area contributed by atoms with Crippen LogP contribution in [0.25, 0.3) is 0 Å². The highest BCUT2D eigenvalue weighted by molar-refractivity contribution is 5.21. The van der Waals surface area contributed by atoms with Crippen molar-refractivity contribution in [2.75, 3.05) is 26.4 Å². The Morgan fingerprint density at radius 2 is 0.490 bits per heavy atom. The van der Waals surface area contributed by atoms with E-state index in [0.29, 0.717) is 6.61 Å². The molecule has 3 heterocycles. The molecular weight excluding hydrogens is 1260 g/mol. The molecule has 0 aromatic heterocycles. The second-order valence-electron chi connectivity index (χ2n) is 25.0. The molecule has 15 atom stereocenters. The number of hydrogen-bond donors (Lipinski definition) is 1. The van der Waals surface area contributed by atoms with Gasteiger partial charge in [-0.05, 0) is 50.1 Å². The van der Waals surface area contributed by atoms with Crippen molar-refractivity contribution in [3.8, 4) is 0 Å². The van der Waals surface area contributed by atoms with E-state index in [-0.39, 0.29) is 79.3 Å². The monoisotopic (exact) mass is 1350 g/mol. The van der Waals surface area contributed by atoms with Gasteiger partial charge in [0.1, 0.15) is 73.2 Å². The van der Waals surface area contributed by atoms with E-state index in [1.807, 2.05) is 273 Å². The second-order valence-corrected chi connectivity index (χ2v) is 25.0. The fourth-order valence-electron chi connectivity index (χ4n) is 12.6. The molecule has 0 aliphatic carbocycles. The van der Waals surface area contributed by atoms with Gasteiger partial charge in [-0.15, -0.1) is 6.58 Å². The first-order valence-electron chi connectivity index (χ1n) is 34.4. The third kappa shape index (κ3) is 21.1. The van der Waals surface area contributed by atoms with Crippen LogP contribution in [0.15, 0.2) is 286 Å². The van der Waals surface area contributed by atoms with Gasteiger partial charge >= 0.3 is 0 Å². The minimum Gasteiger partial charge on any atom is -0.374 e. The largest absolute Gasteiger partial charge is 0.374 e. The Morgan fingerprint density at radius 1 is 0.260 bits per heavy atom. The molecule has 100 heavy (non-hydrogen) atoms. The fraction of sp³-hybridized carbons (Fsp3) is 0.333. The molecule has 16 nitrogen and oxygen atoms in total. The maximum atomic E-state index is 12.3. The van der Waals surface area contributed by atoms with Crippen LogP contribution in [0.5, 0.6) is 0 Å². The van der Waals surface area contributed by atoms with Crippen molar-refractivity contribution in [3.05, 3.63) is 336 Å². The van der Waals surface area contributed by atoms with Gasteiger partial charge in [0, 0.05) is 0 Å². The molecule has 0 bridgehead atoms. The lowest BCUT2D eigenvalue weighted by Crippen LogP contribution is -2.68. The Hall–Kier alpha value is -7.92. The van der Waals surface area contributed by atoms with Crippen molar-refractivity contribution in [2.45, 2.75) is 152 Å². The number of benzene rings is 9. The zero-order chi connectivity index (χ0) is 68.2. The first kappa shape index (κ1) is 71.9. The van der Waals surface area contributed by atoms with Gasteiger partial charge in [-0.1, -0.05) is 279 Å². The highest BCUT2D eigenvalue weighted by Gasteiger charge is 2.57. The zero-order valence-electron chi connectivity index (χ0n) is 56.2. The number of rotatable bonds is 37. The normalized spacial score (nSPS) is 25.3. The van der Waals surface area contributed by atoms with E-state index in [1.54, 1.807) is 6.08 Å². The summed E-state index contributed by atoms with van der Waals surface area (Å²) in [4.78, 5) is 0. The molecule has 3 aliphatic heterocycles. The number of ether oxygens (including phenoxy) is 15. The van der Waals surface area contributed by atoms with Crippen LogP contribution in [0.4, 0.5) is 0 Å². The molecule has 12 rings (SSSR count). The van der Waals surface area contributed by atoms with Crippen LogP contribution < -0.4 is 0 Å². The third-order valence-corrected chi connectivity index (χ3v) is 17.7. The van der Waals surface area contributed by atoms with Gasteiger partial charge in [-0.2, -0.15) is 0 Å². The van der Waals surface area contributed by atoms with E-state index in [0.717, 1.165) is 50.1 Å². The maximum absolute atomic E-state index is 12.3. The minimum atomic E-state index is -1.49. The lowest BCUT2D eigenvalue weighted by Gasteiger charge is -2.51. The quantitative estimate of drug-likeness (QED) is 0.0366. The zero-order valence-corrected chi connectivity index (χ0v) is 56.2. The fourth-order valence-corrected chi connectivity index (χ4v) is 12.6. The lowest BCUT2D eigenvalue weighted by molar-refractivity contribution is -0.392.